The first-order valence-corrected chi connectivity index (χ1v) is 7.31. The normalized spacial score (nSPS) is 23.2. The Morgan fingerprint density at radius 3 is 2.84 bits per heavy atom. The topological polar surface area (TPSA) is 77.2 Å². The van der Waals surface area contributed by atoms with Crippen LogP contribution in [0.3, 0.4) is 0 Å². The van der Waals surface area contributed by atoms with Crippen LogP contribution < -0.4 is 0 Å². The lowest BCUT2D eigenvalue weighted by Crippen LogP contribution is -2.33. The summed E-state index contributed by atoms with van der Waals surface area (Å²) in [5.41, 5.74) is -0.177. The number of thioether (sulfide) groups is 1. The van der Waals surface area contributed by atoms with Gasteiger partial charge in [0.1, 0.15) is 5.82 Å². The summed E-state index contributed by atoms with van der Waals surface area (Å²) in [5, 5.41) is 17.9. The molecule has 1 aromatic heterocycles. The van der Waals surface area contributed by atoms with Crippen molar-refractivity contribution < 1.29 is 14.6 Å². The first kappa shape index (κ1) is 14.3. The van der Waals surface area contributed by atoms with E-state index in [2.05, 4.69) is 35.5 Å². The lowest BCUT2D eigenvalue weighted by Gasteiger charge is -2.28. The summed E-state index contributed by atoms with van der Waals surface area (Å²) in [5.74, 6) is 0.274. The summed E-state index contributed by atoms with van der Waals surface area (Å²) in [6.07, 6.45) is 0.894. The first-order valence-electron chi connectivity index (χ1n) is 6.32. The number of rotatable bonds is 5. The van der Waals surface area contributed by atoms with Crippen LogP contribution in [0, 0.1) is 0 Å². The summed E-state index contributed by atoms with van der Waals surface area (Å²) >= 11 is 1.21. The highest BCUT2D eigenvalue weighted by Crippen LogP contribution is 2.34. The molecule has 0 amide bonds. The highest BCUT2D eigenvalue weighted by atomic mass is 32.2. The lowest BCUT2D eigenvalue weighted by molar-refractivity contribution is -0.133. The van der Waals surface area contributed by atoms with Gasteiger partial charge in [-0.15, -0.1) is 10.2 Å². The molecule has 1 aromatic rings. The van der Waals surface area contributed by atoms with E-state index in [4.69, 9.17) is 9.84 Å². The fourth-order valence-corrected chi connectivity index (χ4v) is 3.01. The molecule has 0 spiro atoms. The van der Waals surface area contributed by atoms with E-state index in [1.54, 1.807) is 0 Å². The van der Waals surface area contributed by atoms with Gasteiger partial charge in [-0.2, -0.15) is 0 Å². The van der Waals surface area contributed by atoms with Gasteiger partial charge in [0.05, 0.1) is 17.9 Å². The molecule has 1 atom stereocenters. The Morgan fingerprint density at radius 2 is 2.32 bits per heavy atom. The van der Waals surface area contributed by atoms with Crippen molar-refractivity contribution >= 4 is 17.7 Å². The van der Waals surface area contributed by atoms with E-state index in [0.29, 0.717) is 11.8 Å². The molecule has 1 N–H and O–H groups in total. The van der Waals surface area contributed by atoms with Crippen molar-refractivity contribution in [2.45, 2.75) is 43.8 Å². The Hall–Kier alpha value is -1.08. The van der Waals surface area contributed by atoms with E-state index in [0.717, 1.165) is 18.9 Å². The summed E-state index contributed by atoms with van der Waals surface area (Å²) in [4.78, 5) is 10.7. The zero-order chi connectivity index (χ0) is 14.0. The van der Waals surface area contributed by atoms with Crippen LogP contribution in [-0.4, -0.2) is 44.8 Å². The smallest absolute Gasteiger partial charge is 0.313 e. The molecular weight excluding hydrogens is 266 g/mol. The van der Waals surface area contributed by atoms with Crippen molar-refractivity contribution in [3.05, 3.63) is 5.82 Å². The Balaban J connectivity index is 2.36. The number of nitrogens with zero attached hydrogens (tertiary/aromatic N) is 3. The average molecular weight is 285 g/mol. The van der Waals surface area contributed by atoms with Crippen LogP contribution in [0.4, 0.5) is 0 Å². The van der Waals surface area contributed by atoms with E-state index >= 15 is 0 Å². The SMILES string of the molecule is CC(C)c1nnc(SCC(=O)O)n1C1(C)CCOC1. The standard InChI is InChI=1S/C12H19N3O3S/c1-8(2)10-13-14-11(19-6-9(16)17)15(10)12(3)4-5-18-7-12/h8H,4-7H2,1-3H3,(H,16,17). The molecular formula is C12H19N3O3S. The fraction of sp³-hybridized carbons (Fsp3) is 0.750. The third kappa shape index (κ3) is 2.92. The van der Waals surface area contributed by atoms with Crippen molar-refractivity contribution in [1.82, 2.24) is 14.8 Å². The molecule has 1 unspecified atom stereocenters. The third-order valence-electron chi connectivity index (χ3n) is 3.24. The number of carboxylic acids is 1. The van der Waals surface area contributed by atoms with Gasteiger partial charge in [0, 0.05) is 12.5 Å². The number of carboxylic acid groups (broad SMARTS) is 1. The van der Waals surface area contributed by atoms with Crippen molar-refractivity contribution in [3.63, 3.8) is 0 Å². The van der Waals surface area contributed by atoms with E-state index < -0.39 is 5.97 Å². The van der Waals surface area contributed by atoms with Gasteiger partial charge in [-0.05, 0) is 13.3 Å². The summed E-state index contributed by atoms with van der Waals surface area (Å²) in [6, 6.07) is 0. The Kier molecular flexibility index (Phi) is 4.15. The predicted octanol–water partition coefficient (Wildman–Crippen LogP) is 1.71. The Bertz CT molecular complexity index is 467. The van der Waals surface area contributed by atoms with Gasteiger partial charge in [-0.25, -0.2) is 0 Å². The van der Waals surface area contributed by atoms with Crippen LogP contribution >= 0.6 is 11.8 Å². The molecule has 0 saturated carbocycles. The highest BCUT2D eigenvalue weighted by molar-refractivity contribution is 7.99. The number of aliphatic carboxylic acids is 1. The van der Waals surface area contributed by atoms with Gasteiger partial charge in [0.2, 0.25) is 0 Å². The summed E-state index contributed by atoms with van der Waals surface area (Å²) in [7, 11) is 0. The molecule has 0 radical (unpaired) electrons. The largest absolute Gasteiger partial charge is 0.481 e. The number of hydrogen-bond donors (Lipinski definition) is 1. The molecule has 19 heavy (non-hydrogen) atoms. The van der Waals surface area contributed by atoms with Crippen LogP contribution in [0.2, 0.25) is 0 Å². The number of hydrogen-bond acceptors (Lipinski definition) is 5. The first-order chi connectivity index (χ1) is 8.94. The van der Waals surface area contributed by atoms with E-state index in [1.807, 2.05) is 0 Å². The third-order valence-corrected chi connectivity index (χ3v) is 4.15. The van der Waals surface area contributed by atoms with E-state index in [-0.39, 0.29) is 17.2 Å². The second-order valence-corrected chi connectivity index (χ2v) is 6.26. The van der Waals surface area contributed by atoms with E-state index in [1.165, 1.54) is 11.8 Å². The molecule has 106 valence electrons. The quantitative estimate of drug-likeness (QED) is 0.830. The zero-order valence-corrected chi connectivity index (χ0v) is 12.2. The van der Waals surface area contributed by atoms with Gasteiger partial charge in [0.25, 0.3) is 0 Å². The van der Waals surface area contributed by atoms with Gasteiger partial charge in [-0.3, -0.25) is 9.36 Å². The van der Waals surface area contributed by atoms with Crippen molar-refractivity contribution in [2.75, 3.05) is 19.0 Å². The lowest BCUT2D eigenvalue weighted by atomic mass is 10.0. The van der Waals surface area contributed by atoms with Gasteiger partial charge in [-0.1, -0.05) is 25.6 Å². The minimum absolute atomic E-state index is 0.00678. The van der Waals surface area contributed by atoms with Crippen LogP contribution in [0.25, 0.3) is 0 Å². The second-order valence-electron chi connectivity index (χ2n) is 5.31. The van der Waals surface area contributed by atoms with Crippen LogP contribution in [0.15, 0.2) is 5.16 Å². The molecule has 1 aliphatic heterocycles. The fourth-order valence-electron chi connectivity index (χ4n) is 2.21. The number of ether oxygens (including phenoxy) is 1. The molecule has 7 heteroatoms. The van der Waals surface area contributed by atoms with Crippen LogP contribution in [-0.2, 0) is 15.1 Å². The average Bonchev–Trinajstić information content (AvgIpc) is 2.93. The van der Waals surface area contributed by atoms with E-state index in [9.17, 15) is 4.79 Å². The van der Waals surface area contributed by atoms with Gasteiger partial charge in [0.15, 0.2) is 5.16 Å². The van der Waals surface area contributed by atoms with Gasteiger partial charge < -0.3 is 9.84 Å². The van der Waals surface area contributed by atoms with Crippen LogP contribution in [0.1, 0.15) is 38.9 Å². The van der Waals surface area contributed by atoms with Crippen molar-refractivity contribution in [2.24, 2.45) is 0 Å². The molecule has 2 heterocycles. The maximum absolute atomic E-state index is 10.7. The van der Waals surface area contributed by atoms with Gasteiger partial charge >= 0.3 is 5.97 Å². The second kappa shape index (κ2) is 5.50. The molecule has 1 saturated heterocycles. The minimum Gasteiger partial charge on any atom is -0.481 e. The molecule has 1 fully saturated rings. The maximum atomic E-state index is 10.7. The van der Waals surface area contributed by atoms with Crippen LogP contribution in [0.5, 0.6) is 0 Å². The number of aromatic nitrogens is 3. The molecule has 6 nitrogen and oxygen atoms in total. The summed E-state index contributed by atoms with van der Waals surface area (Å²) < 4.78 is 7.56. The monoisotopic (exact) mass is 285 g/mol. The predicted molar refractivity (Wildman–Crippen MR) is 71.6 cm³/mol. The molecule has 2 rings (SSSR count). The van der Waals surface area contributed by atoms with Crippen molar-refractivity contribution in [3.8, 4) is 0 Å². The molecule has 0 aromatic carbocycles. The molecule has 0 bridgehead atoms. The Labute approximate surface area is 116 Å². The Morgan fingerprint density at radius 1 is 1.58 bits per heavy atom. The summed E-state index contributed by atoms with van der Waals surface area (Å²) in [6.45, 7) is 7.57. The molecule has 0 aliphatic carbocycles. The minimum atomic E-state index is -0.849. The maximum Gasteiger partial charge on any atom is 0.313 e. The van der Waals surface area contributed by atoms with Crippen molar-refractivity contribution in [1.29, 1.82) is 0 Å². The highest BCUT2D eigenvalue weighted by Gasteiger charge is 2.36. The number of carbonyl (C=O) groups is 1. The zero-order valence-electron chi connectivity index (χ0n) is 11.4. The molecule has 1 aliphatic rings.